The zero-order valence-corrected chi connectivity index (χ0v) is 12.7. The molecule has 0 bridgehead atoms. The van der Waals surface area contributed by atoms with Crippen LogP contribution in [-0.4, -0.2) is 11.2 Å². The van der Waals surface area contributed by atoms with E-state index in [1.54, 1.807) is 0 Å². The Morgan fingerprint density at radius 2 is 1.70 bits per heavy atom. The summed E-state index contributed by atoms with van der Waals surface area (Å²) in [6, 6.07) is 8.65. The number of rotatable bonds is 3. The smallest absolute Gasteiger partial charge is 0.0608 e. The lowest BCUT2D eigenvalue weighted by Gasteiger charge is -2.40. The maximum absolute atomic E-state index is 10.6. The van der Waals surface area contributed by atoms with Gasteiger partial charge < -0.3 is 5.11 Å². The fourth-order valence-corrected chi connectivity index (χ4v) is 4.39. The summed E-state index contributed by atoms with van der Waals surface area (Å²) in [6.45, 7) is 2.12. The Morgan fingerprint density at radius 1 is 1.00 bits per heavy atom. The minimum atomic E-state index is -0.138. The standard InChI is InChI=1S/C19H28O/c1-14-6-8-15(9-7-14)12-19(20)18-11-10-16-4-2-3-5-17(16)13-18/h6-9,16-20H,2-5,10-13H2,1H3. The molecule has 3 rings (SSSR count). The summed E-state index contributed by atoms with van der Waals surface area (Å²) in [5.41, 5.74) is 2.58. The van der Waals surface area contributed by atoms with Gasteiger partial charge in [0.05, 0.1) is 6.10 Å². The Hall–Kier alpha value is -0.820. The van der Waals surface area contributed by atoms with E-state index in [0.29, 0.717) is 5.92 Å². The van der Waals surface area contributed by atoms with E-state index in [-0.39, 0.29) is 6.10 Å². The molecule has 0 aliphatic heterocycles. The molecule has 110 valence electrons. The van der Waals surface area contributed by atoms with Gasteiger partial charge in [-0.05, 0) is 55.9 Å². The third kappa shape index (κ3) is 3.25. The molecule has 0 amide bonds. The summed E-state index contributed by atoms with van der Waals surface area (Å²) in [6.07, 6.45) is 10.3. The number of aliphatic hydroxyl groups excluding tert-OH is 1. The second-order valence-electron chi connectivity index (χ2n) is 7.13. The molecule has 4 unspecified atom stereocenters. The van der Waals surface area contributed by atoms with E-state index in [9.17, 15) is 5.11 Å². The van der Waals surface area contributed by atoms with Gasteiger partial charge in [-0.3, -0.25) is 0 Å². The average Bonchev–Trinajstić information content (AvgIpc) is 2.49. The highest BCUT2D eigenvalue weighted by molar-refractivity contribution is 5.22. The van der Waals surface area contributed by atoms with Crippen molar-refractivity contribution >= 4 is 0 Å². The first-order valence-electron chi connectivity index (χ1n) is 8.46. The SMILES string of the molecule is Cc1ccc(CC(O)C2CCC3CCCCC3C2)cc1. The van der Waals surface area contributed by atoms with E-state index in [1.165, 1.54) is 56.1 Å². The molecule has 0 spiro atoms. The van der Waals surface area contributed by atoms with Gasteiger partial charge in [0.15, 0.2) is 0 Å². The number of hydrogen-bond acceptors (Lipinski definition) is 1. The molecule has 1 heteroatoms. The van der Waals surface area contributed by atoms with Gasteiger partial charge in [0, 0.05) is 0 Å². The molecule has 1 nitrogen and oxygen atoms in total. The Labute approximate surface area is 123 Å². The molecule has 2 fully saturated rings. The molecular weight excluding hydrogens is 244 g/mol. The van der Waals surface area contributed by atoms with Crippen molar-refractivity contribution < 1.29 is 5.11 Å². The largest absolute Gasteiger partial charge is 0.392 e. The summed E-state index contributed by atoms with van der Waals surface area (Å²) in [7, 11) is 0. The van der Waals surface area contributed by atoms with Crippen molar-refractivity contribution in [3.63, 3.8) is 0 Å². The van der Waals surface area contributed by atoms with E-state index in [4.69, 9.17) is 0 Å². The fraction of sp³-hybridized carbons (Fsp3) is 0.684. The highest BCUT2D eigenvalue weighted by Crippen LogP contribution is 2.43. The number of hydrogen-bond donors (Lipinski definition) is 1. The predicted octanol–water partition coefficient (Wildman–Crippen LogP) is 4.50. The lowest BCUT2D eigenvalue weighted by molar-refractivity contribution is 0.0361. The van der Waals surface area contributed by atoms with Crippen molar-refractivity contribution in [3.8, 4) is 0 Å². The van der Waals surface area contributed by atoms with Crippen molar-refractivity contribution in [1.29, 1.82) is 0 Å². The summed E-state index contributed by atoms with van der Waals surface area (Å²) < 4.78 is 0. The Kier molecular flexibility index (Phi) is 4.45. The van der Waals surface area contributed by atoms with Crippen LogP contribution in [0.5, 0.6) is 0 Å². The molecule has 1 aromatic rings. The third-order valence-electron chi connectivity index (χ3n) is 5.69. The first-order chi connectivity index (χ1) is 9.72. The first kappa shape index (κ1) is 14.1. The highest BCUT2D eigenvalue weighted by atomic mass is 16.3. The lowest BCUT2D eigenvalue weighted by Crippen LogP contribution is -2.34. The molecule has 1 N–H and O–H groups in total. The minimum absolute atomic E-state index is 0.138. The summed E-state index contributed by atoms with van der Waals surface area (Å²) in [4.78, 5) is 0. The van der Waals surface area contributed by atoms with E-state index < -0.39 is 0 Å². The molecule has 2 aliphatic carbocycles. The van der Waals surface area contributed by atoms with E-state index in [1.807, 2.05) is 0 Å². The Balaban J connectivity index is 1.57. The number of benzene rings is 1. The second-order valence-corrected chi connectivity index (χ2v) is 7.13. The molecule has 0 saturated heterocycles. The maximum Gasteiger partial charge on any atom is 0.0608 e. The quantitative estimate of drug-likeness (QED) is 0.858. The van der Waals surface area contributed by atoms with Crippen LogP contribution in [0, 0.1) is 24.7 Å². The summed E-state index contributed by atoms with van der Waals surface area (Å²) in [5.74, 6) is 2.43. The van der Waals surface area contributed by atoms with Gasteiger partial charge in [-0.2, -0.15) is 0 Å². The summed E-state index contributed by atoms with van der Waals surface area (Å²) >= 11 is 0. The predicted molar refractivity (Wildman–Crippen MR) is 83.7 cm³/mol. The Morgan fingerprint density at radius 3 is 2.45 bits per heavy atom. The van der Waals surface area contributed by atoms with Crippen LogP contribution in [0.2, 0.25) is 0 Å². The van der Waals surface area contributed by atoms with Gasteiger partial charge in [0.2, 0.25) is 0 Å². The van der Waals surface area contributed by atoms with Gasteiger partial charge in [0.1, 0.15) is 0 Å². The molecule has 2 saturated carbocycles. The third-order valence-corrected chi connectivity index (χ3v) is 5.69. The van der Waals surface area contributed by atoms with Gasteiger partial charge in [0.25, 0.3) is 0 Å². The molecule has 20 heavy (non-hydrogen) atoms. The molecule has 0 radical (unpaired) electrons. The fourth-order valence-electron chi connectivity index (χ4n) is 4.39. The van der Waals surface area contributed by atoms with Crippen molar-refractivity contribution in [2.75, 3.05) is 0 Å². The molecule has 4 atom stereocenters. The van der Waals surface area contributed by atoms with Crippen molar-refractivity contribution in [3.05, 3.63) is 35.4 Å². The first-order valence-corrected chi connectivity index (χ1v) is 8.46. The number of fused-ring (bicyclic) bond motifs is 1. The number of aliphatic hydroxyl groups is 1. The van der Waals surface area contributed by atoms with E-state index in [2.05, 4.69) is 31.2 Å². The van der Waals surface area contributed by atoms with Gasteiger partial charge in [-0.15, -0.1) is 0 Å². The molecule has 2 aliphatic rings. The summed E-state index contributed by atoms with van der Waals surface area (Å²) in [5, 5.41) is 10.6. The zero-order chi connectivity index (χ0) is 13.9. The van der Waals surface area contributed by atoms with E-state index >= 15 is 0 Å². The second kappa shape index (κ2) is 6.30. The lowest BCUT2D eigenvalue weighted by atomic mass is 9.66. The monoisotopic (exact) mass is 272 g/mol. The average molecular weight is 272 g/mol. The minimum Gasteiger partial charge on any atom is -0.392 e. The topological polar surface area (TPSA) is 20.2 Å². The number of aryl methyl sites for hydroxylation is 1. The highest BCUT2D eigenvalue weighted by Gasteiger charge is 2.34. The Bertz CT molecular complexity index is 422. The maximum atomic E-state index is 10.6. The van der Waals surface area contributed by atoms with Crippen LogP contribution in [-0.2, 0) is 6.42 Å². The van der Waals surface area contributed by atoms with Crippen LogP contribution in [0.3, 0.4) is 0 Å². The van der Waals surface area contributed by atoms with Crippen LogP contribution in [0.25, 0.3) is 0 Å². The molecule has 0 aromatic heterocycles. The van der Waals surface area contributed by atoms with Crippen molar-refractivity contribution in [2.45, 2.75) is 64.4 Å². The van der Waals surface area contributed by atoms with Crippen LogP contribution in [0.1, 0.15) is 56.1 Å². The molecule has 0 heterocycles. The van der Waals surface area contributed by atoms with Gasteiger partial charge in [-0.25, -0.2) is 0 Å². The zero-order valence-electron chi connectivity index (χ0n) is 12.7. The normalized spacial score (nSPS) is 31.6. The van der Waals surface area contributed by atoms with Gasteiger partial charge >= 0.3 is 0 Å². The molecular formula is C19H28O. The van der Waals surface area contributed by atoms with Crippen LogP contribution >= 0.6 is 0 Å². The molecule has 1 aromatic carbocycles. The van der Waals surface area contributed by atoms with Crippen LogP contribution in [0.4, 0.5) is 0 Å². The van der Waals surface area contributed by atoms with Gasteiger partial charge in [-0.1, -0.05) is 55.5 Å². The van der Waals surface area contributed by atoms with Crippen molar-refractivity contribution in [2.24, 2.45) is 17.8 Å². The van der Waals surface area contributed by atoms with Crippen molar-refractivity contribution in [1.82, 2.24) is 0 Å². The van der Waals surface area contributed by atoms with Crippen LogP contribution < -0.4 is 0 Å². The van der Waals surface area contributed by atoms with Crippen LogP contribution in [0.15, 0.2) is 24.3 Å². The van der Waals surface area contributed by atoms with E-state index in [0.717, 1.165) is 18.3 Å².